The number of para-hydroxylation sites is 1. The van der Waals surface area contributed by atoms with Crippen molar-refractivity contribution in [2.75, 3.05) is 17.6 Å². The van der Waals surface area contributed by atoms with Crippen LogP contribution in [0.1, 0.15) is 38.7 Å². The van der Waals surface area contributed by atoms with E-state index in [9.17, 15) is 0 Å². The SMILES string of the molecule is CCCNc1cc(Oc2ccccc2C(C)C)nc(N)n1. The molecule has 0 unspecified atom stereocenters. The van der Waals surface area contributed by atoms with Gasteiger partial charge in [0.1, 0.15) is 11.6 Å². The average molecular weight is 286 g/mol. The molecule has 0 spiro atoms. The number of hydrogen-bond acceptors (Lipinski definition) is 5. The van der Waals surface area contributed by atoms with Crippen LogP contribution in [0.4, 0.5) is 11.8 Å². The summed E-state index contributed by atoms with van der Waals surface area (Å²) in [5, 5.41) is 3.19. The summed E-state index contributed by atoms with van der Waals surface area (Å²) in [7, 11) is 0. The molecule has 0 fully saturated rings. The van der Waals surface area contributed by atoms with Crippen molar-refractivity contribution in [2.45, 2.75) is 33.1 Å². The molecule has 0 saturated carbocycles. The van der Waals surface area contributed by atoms with Crippen LogP contribution in [0.3, 0.4) is 0 Å². The van der Waals surface area contributed by atoms with Gasteiger partial charge < -0.3 is 15.8 Å². The summed E-state index contributed by atoms with van der Waals surface area (Å²) in [5.41, 5.74) is 6.88. The van der Waals surface area contributed by atoms with Gasteiger partial charge in [0.05, 0.1) is 0 Å². The van der Waals surface area contributed by atoms with Crippen LogP contribution in [-0.2, 0) is 0 Å². The Labute approximate surface area is 125 Å². The Morgan fingerprint density at radius 2 is 2.00 bits per heavy atom. The number of benzene rings is 1. The number of nitrogens with zero attached hydrogens (tertiary/aromatic N) is 2. The van der Waals surface area contributed by atoms with Crippen LogP contribution in [0.25, 0.3) is 0 Å². The van der Waals surface area contributed by atoms with E-state index < -0.39 is 0 Å². The van der Waals surface area contributed by atoms with E-state index in [-0.39, 0.29) is 5.95 Å². The predicted octanol–water partition coefficient (Wildman–Crippen LogP) is 3.80. The van der Waals surface area contributed by atoms with Crippen molar-refractivity contribution in [1.82, 2.24) is 9.97 Å². The van der Waals surface area contributed by atoms with Crippen LogP contribution in [0.5, 0.6) is 11.6 Å². The first-order chi connectivity index (χ1) is 10.1. The fourth-order valence-corrected chi connectivity index (χ4v) is 2.00. The van der Waals surface area contributed by atoms with Crippen molar-refractivity contribution >= 4 is 11.8 Å². The third kappa shape index (κ3) is 4.08. The lowest BCUT2D eigenvalue weighted by Crippen LogP contribution is -2.06. The number of nitrogens with one attached hydrogen (secondary N) is 1. The highest BCUT2D eigenvalue weighted by Gasteiger charge is 2.10. The van der Waals surface area contributed by atoms with E-state index in [0.717, 1.165) is 24.3 Å². The fourth-order valence-electron chi connectivity index (χ4n) is 2.00. The zero-order valence-electron chi connectivity index (χ0n) is 12.8. The zero-order valence-corrected chi connectivity index (χ0v) is 12.8. The smallest absolute Gasteiger partial charge is 0.226 e. The van der Waals surface area contributed by atoms with Crippen molar-refractivity contribution in [2.24, 2.45) is 0 Å². The average Bonchev–Trinajstić information content (AvgIpc) is 2.45. The van der Waals surface area contributed by atoms with Gasteiger partial charge in [0.25, 0.3) is 0 Å². The highest BCUT2D eigenvalue weighted by atomic mass is 16.5. The Morgan fingerprint density at radius 3 is 2.71 bits per heavy atom. The summed E-state index contributed by atoms with van der Waals surface area (Å²) < 4.78 is 5.90. The van der Waals surface area contributed by atoms with Gasteiger partial charge in [0, 0.05) is 12.6 Å². The number of anilines is 2. The first kappa shape index (κ1) is 15.1. The minimum atomic E-state index is 0.202. The van der Waals surface area contributed by atoms with Crippen molar-refractivity contribution in [1.29, 1.82) is 0 Å². The molecule has 2 rings (SSSR count). The van der Waals surface area contributed by atoms with Gasteiger partial charge in [-0.25, -0.2) is 0 Å². The Bertz CT molecular complexity index is 599. The maximum absolute atomic E-state index is 5.90. The van der Waals surface area contributed by atoms with Crippen molar-refractivity contribution < 1.29 is 4.74 Å². The van der Waals surface area contributed by atoms with E-state index in [4.69, 9.17) is 10.5 Å². The fraction of sp³-hybridized carbons (Fsp3) is 0.375. The van der Waals surface area contributed by atoms with Crippen molar-refractivity contribution in [3.05, 3.63) is 35.9 Å². The molecular weight excluding hydrogens is 264 g/mol. The van der Waals surface area contributed by atoms with E-state index in [1.165, 1.54) is 0 Å². The van der Waals surface area contributed by atoms with Gasteiger partial charge in [-0.05, 0) is 24.0 Å². The molecular formula is C16H22N4O. The summed E-state index contributed by atoms with van der Waals surface area (Å²) in [6.07, 6.45) is 1.01. The van der Waals surface area contributed by atoms with E-state index in [0.29, 0.717) is 17.6 Å². The summed E-state index contributed by atoms with van der Waals surface area (Å²) in [5.74, 6) is 2.51. The molecule has 0 radical (unpaired) electrons. The lowest BCUT2D eigenvalue weighted by Gasteiger charge is -2.13. The molecule has 0 saturated heterocycles. The Kier molecular flexibility index (Phi) is 4.98. The lowest BCUT2D eigenvalue weighted by atomic mass is 10.0. The van der Waals surface area contributed by atoms with Crippen LogP contribution in [0, 0.1) is 0 Å². The second-order valence-corrected chi connectivity index (χ2v) is 5.17. The van der Waals surface area contributed by atoms with Gasteiger partial charge in [-0.2, -0.15) is 9.97 Å². The Balaban J connectivity index is 2.25. The minimum Gasteiger partial charge on any atom is -0.438 e. The van der Waals surface area contributed by atoms with Gasteiger partial charge in [-0.1, -0.05) is 39.0 Å². The number of nitrogen functional groups attached to an aromatic ring is 1. The van der Waals surface area contributed by atoms with Crippen LogP contribution in [0.15, 0.2) is 30.3 Å². The standard InChI is InChI=1S/C16H22N4O/c1-4-9-18-14-10-15(20-16(17)19-14)21-13-8-6-5-7-12(13)11(2)3/h5-8,10-11H,4,9H2,1-3H3,(H3,17,18,19,20). The first-order valence-corrected chi connectivity index (χ1v) is 7.25. The van der Waals surface area contributed by atoms with Crippen LogP contribution < -0.4 is 15.8 Å². The Hall–Kier alpha value is -2.30. The maximum atomic E-state index is 5.90. The third-order valence-corrected chi connectivity index (χ3v) is 3.03. The Morgan fingerprint density at radius 1 is 1.24 bits per heavy atom. The zero-order chi connectivity index (χ0) is 15.2. The van der Waals surface area contributed by atoms with E-state index in [1.807, 2.05) is 18.2 Å². The molecule has 1 heterocycles. The molecule has 0 bridgehead atoms. The quantitative estimate of drug-likeness (QED) is 0.845. The third-order valence-electron chi connectivity index (χ3n) is 3.03. The lowest BCUT2D eigenvalue weighted by molar-refractivity contribution is 0.454. The maximum Gasteiger partial charge on any atom is 0.226 e. The van der Waals surface area contributed by atoms with Gasteiger partial charge >= 0.3 is 0 Å². The summed E-state index contributed by atoms with van der Waals surface area (Å²) >= 11 is 0. The second kappa shape index (κ2) is 6.92. The van der Waals surface area contributed by atoms with E-state index >= 15 is 0 Å². The molecule has 5 heteroatoms. The molecule has 3 N–H and O–H groups in total. The molecule has 1 aromatic carbocycles. The minimum absolute atomic E-state index is 0.202. The summed E-state index contributed by atoms with van der Waals surface area (Å²) in [4.78, 5) is 8.29. The van der Waals surface area contributed by atoms with Gasteiger partial charge in [-0.3, -0.25) is 0 Å². The highest BCUT2D eigenvalue weighted by molar-refractivity contribution is 5.45. The molecule has 2 aromatic rings. The number of nitrogens with two attached hydrogens (primary N) is 1. The molecule has 1 aromatic heterocycles. The second-order valence-electron chi connectivity index (χ2n) is 5.17. The van der Waals surface area contributed by atoms with Crippen LogP contribution in [-0.4, -0.2) is 16.5 Å². The molecule has 0 aliphatic rings. The summed E-state index contributed by atoms with van der Waals surface area (Å²) in [6, 6.07) is 9.71. The number of rotatable bonds is 6. The molecule has 0 aliphatic carbocycles. The van der Waals surface area contributed by atoms with E-state index in [1.54, 1.807) is 6.07 Å². The molecule has 0 atom stereocenters. The van der Waals surface area contributed by atoms with Crippen molar-refractivity contribution in [3.8, 4) is 11.6 Å². The molecule has 0 amide bonds. The highest BCUT2D eigenvalue weighted by Crippen LogP contribution is 2.30. The largest absolute Gasteiger partial charge is 0.438 e. The molecule has 0 aliphatic heterocycles. The molecule has 21 heavy (non-hydrogen) atoms. The number of hydrogen-bond donors (Lipinski definition) is 2. The van der Waals surface area contributed by atoms with Gasteiger partial charge in [0.2, 0.25) is 11.8 Å². The van der Waals surface area contributed by atoms with E-state index in [2.05, 4.69) is 42.1 Å². The van der Waals surface area contributed by atoms with Crippen LogP contribution >= 0.6 is 0 Å². The number of aromatic nitrogens is 2. The van der Waals surface area contributed by atoms with Gasteiger partial charge in [0.15, 0.2) is 0 Å². The molecule has 112 valence electrons. The number of ether oxygens (including phenoxy) is 1. The predicted molar refractivity (Wildman–Crippen MR) is 85.8 cm³/mol. The molecule has 5 nitrogen and oxygen atoms in total. The van der Waals surface area contributed by atoms with Crippen molar-refractivity contribution in [3.63, 3.8) is 0 Å². The monoisotopic (exact) mass is 286 g/mol. The first-order valence-electron chi connectivity index (χ1n) is 7.25. The van der Waals surface area contributed by atoms with Gasteiger partial charge in [-0.15, -0.1) is 0 Å². The normalized spacial score (nSPS) is 10.7. The topological polar surface area (TPSA) is 73.1 Å². The van der Waals surface area contributed by atoms with Crippen LogP contribution in [0.2, 0.25) is 0 Å². The summed E-state index contributed by atoms with van der Waals surface area (Å²) in [6.45, 7) is 7.18.